The van der Waals surface area contributed by atoms with Crippen LogP contribution in [0.25, 0.3) is 0 Å². The smallest absolute Gasteiger partial charge is 0.225 e. The average Bonchev–Trinajstić information content (AvgIpc) is 2.74. The Morgan fingerprint density at radius 3 is 3.18 bits per heavy atom. The van der Waals surface area contributed by atoms with Crippen molar-refractivity contribution in [1.82, 2.24) is 10.2 Å². The van der Waals surface area contributed by atoms with Crippen LogP contribution in [0, 0.1) is 0 Å². The Morgan fingerprint density at radius 1 is 1.65 bits per heavy atom. The number of rotatable bonds is 4. The molecule has 1 aliphatic rings. The van der Waals surface area contributed by atoms with Crippen molar-refractivity contribution in [3.63, 3.8) is 0 Å². The highest BCUT2D eigenvalue weighted by molar-refractivity contribution is 5.92. The number of nitrogens with two attached hydrogens (primary N) is 1. The van der Waals surface area contributed by atoms with Crippen molar-refractivity contribution < 1.29 is 9.53 Å². The molecule has 0 radical (unpaired) electrons. The van der Waals surface area contributed by atoms with Gasteiger partial charge in [0.1, 0.15) is 0 Å². The third-order valence-corrected chi connectivity index (χ3v) is 2.90. The lowest BCUT2D eigenvalue weighted by Gasteiger charge is -2.22. The van der Waals surface area contributed by atoms with Gasteiger partial charge in [0.05, 0.1) is 18.0 Å². The first-order valence-electron chi connectivity index (χ1n) is 5.96. The molecule has 1 fully saturated rings. The normalized spacial score (nSPS) is 20.1. The monoisotopic (exact) mass is 238 g/mol. The fourth-order valence-corrected chi connectivity index (χ4v) is 1.92. The summed E-state index contributed by atoms with van der Waals surface area (Å²) in [4.78, 5) is 11.6. The topological polar surface area (TPSA) is 93.0 Å². The molecule has 0 aromatic carbocycles. The molecular formula is C11H18N4O2. The maximum Gasteiger partial charge on any atom is 0.225 e. The molecule has 6 heteroatoms. The summed E-state index contributed by atoms with van der Waals surface area (Å²) in [5.41, 5.74) is 6.05. The molecule has 1 aromatic heterocycles. The molecule has 2 rings (SSSR count). The number of nitrogens with zero attached hydrogens (tertiary/aromatic N) is 1. The number of carbonyl (C=O) groups is 1. The number of aromatic nitrogens is 2. The fourth-order valence-electron chi connectivity index (χ4n) is 1.92. The first kappa shape index (κ1) is 11.9. The third-order valence-electron chi connectivity index (χ3n) is 2.90. The number of aromatic amines is 1. The maximum absolute atomic E-state index is 11.6. The number of nitrogens with one attached hydrogen (secondary N) is 2. The SMILES string of the molecule is Nc1cn[nH]c1NC(=O)CCC1CCCCO1. The molecule has 1 saturated heterocycles. The van der Waals surface area contributed by atoms with E-state index in [1.807, 2.05) is 0 Å². The Kier molecular flexibility index (Phi) is 3.98. The van der Waals surface area contributed by atoms with Crippen molar-refractivity contribution in [3.05, 3.63) is 6.20 Å². The molecule has 1 unspecified atom stereocenters. The molecule has 1 aromatic rings. The van der Waals surface area contributed by atoms with Crippen LogP contribution in [0.3, 0.4) is 0 Å². The van der Waals surface area contributed by atoms with Crippen molar-refractivity contribution in [2.75, 3.05) is 17.7 Å². The lowest BCUT2D eigenvalue weighted by atomic mass is 10.0. The summed E-state index contributed by atoms with van der Waals surface area (Å²) in [7, 11) is 0. The summed E-state index contributed by atoms with van der Waals surface area (Å²) in [6.45, 7) is 0.819. The molecule has 1 aliphatic heterocycles. The number of H-pyrrole nitrogens is 1. The minimum atomic E-state index is -0.0601. The van der Waals surface area contributed by atoms with Crippen LogP contribution in [0.4, 0.5) is 11.5 Å². The molecule has 0 saturated carbocycles. The van der Waals surface area contributed by atoms with Gasteiger partial charge in [-0.3, -0.25) is 9.89 Å². The minimum Gasteiger partial charge on any atom is -0.394 e. The van der Waals surface area contributed by atoms with E-state index in [1.54, 1.807) is 0 Å². The number of amides is 1. The van der Waals surface area contributed by atoms with Crippen LogP contribution < -0.4 is 11.1 Å². The van der Waals surface area contributed by atoms with E-state index >= 15 is 0 Å². The third kappa shape index (κ3) is 3.45. The summed E-state index contributed by atoms with van der Waals surface area (Å²) in [6.07, 6.45) is 6.30. The van der Waals surface area contributed by atoms with E-state index in [0.717, 1.165) is 25.9 Å². The zero-order valence-corrected chi connectivity index (χ0v) is 9.74. The standard InChI is InChI=1S/C11H18N4O2/c12-9-7-13-15-11(9)14-10(16)5-4-8-3-1-2-6-17-8/h7-8H,1-6,12H2,(H2,13,14,15,16). The number of nitrogen functional groups attached to an aromatic ring is 1. The average molecular weight is 238 g/mol. The van der Waals surface area contributed by atoms with Crippen LogP contribution in [-0.2, 0) is 9.53 Å². The van der Waals surface area contributed by atoms with Crippen LogP contribution in [0.15, 0.2) is 6.20 Å². The maximum atomic E-state index is 11.6. The second kappa shape index (κ2) is 5.67. The number of hydrogen-bond acceptors (Lipinski definition) is 4. The number of hydrogen-bond donors (Lipinski definition) is 3. The van der Waals surface area contributed by atoms with Gasteiger partial charge >= 0.3 is 0 Å². The van der Waals surface area contributed by atoms with E-state index in [1.165, 1.54) is 12.6 Å². The van der Waals surface area contributed by atoms with Gasteiger partial charge in [-0.2, -0.15) is 5.10 Å². The minimum absolute atomic E-state index is 0.0601. The Morgan fingerprint density at radius 2 is 2.53 bits per heavy atom. The molecule has 1 atom stereocenters. The first-order valence-corrected chi connectivity index (χ1v) is 5.96. The quantitative estimate of drug-likeness (QED) is 0.736. The van der Waals surface area contributed by atoms with E-state index in [9.17, 15) is 4.79 Å². The second-order valence-corrected chi connectivity index (χ2v) is 4.28. The summed E-state index contributed by atoms with van der Waals surface area (Å²) in [6, 6.07) is 0. The number of carbonyl (C=O) groups excluding carboxylic acids is 1. The van der Waals surface area contributed by atoms with Crippen LogP contribution in [-0.4, -0.2) is 28.8 Å². The molecule has 0 bridgehead atoms. The highest BCUT2D eigenvalue weighted by Gasteiger charge is 2.15. The molecule has 2 heterocycles. The van der Waals surface area contributed by atoms with Crippen molar-refractivity contribution in [2.45, 2.75) is 38.2 Å². The van der Waals surface area contributed by atoms with Crippen molar-refractivity contribution in [2.24, 2.45) is 0 Å². The Bertz CT molecular complexity index is 371. The lowest BCUT2D eigenvalue weighted by molar-refractivity contribution is -0.117. The van der Waals surface area contributed by atoms with Gasteiger partial charge in [0, 0.05) is 13.0 Å². The van der Waals surface area contributed by atoms with Crippen molar-refractivity contribution in [1.29, 1.82) is 0 Å². The van der Waals surface area contributed by atoms with E-state index in [2.05, 4.69) is 15.5 Å². The molecule has 4 N–H and O–H groups in total. The predicted octanol–water partition coefficient (Wildman–Crippen LogP) is 1.28. The highest BCUT2D eigenvalue weighted by atomic mass is 16.5. The van der Waals surface area contributed by atoms with E-state index in [0.29, 0.717) is 17.9 Å². The van der Waals surface area contributed by atoms with E-state index in [-0.39, 0.29) is 12.0 Å². The van der Waals surface area contributed by atoms with Crippen LogP contribution >= 0.6 is 0 Å². The molecule has 17 heavy (non-hydrogen) atoms. The molecule has 0 spiro atoms. The molecule has 94 valence electrons. The van der Waals surface area contributed by atoms with E-state index < -0.39 is 0 Å². The molecule has 0 aliphatic carbocycles. The largest absolute Gasteiger partial charge is 0.394 e. The van der Waals surface area contributed by atoms with Gasteiger partial charge < -0.3 is 15.8 Å². The van der Waals surface area contributed by atoms with Gasteiger partial charge in [0.15, 0.2) is 5.82 Å². The van der Waals surface area contributed by atoms with E-state index in [4.69, 9.17) is 10.5 Å². The van der Waals surface area contributed by atoms with Gasteiger partial charge in [0.2, 0.25) is 5.91 Å². The van der Waals surface area contributed by atoms with Gasteiger partial charge in [-0.15, -0.1) is 0 Å². The zero-order valence-electron chi connectivity index (χ0n) is 9.74. The zero-order chi connectivity index (χ0) is 12.1. The van der Waals surface area contributed by atoms with Gasteiger partial charge in [-0.1, -0.05) is 0 Å². The summed E-state index contributed by atoms with van der Waals surface area (Å²) in [5.74, 6) is 0.412. The van der Waals surface area contributed by atoms with Crippen LogP contribution in [0.5, 0.6) is 0 Å². The van der Waals surface area contributed by atoms with Gasteiger partial charge in [-0.25, -0.2) is 0 Å². The number of ether oxygens (including phenoxy) is 1. The Balaban J connectivity index is 1.72. The molecular weight excluding hydrogens is 220 g/mol. The first-order chi connectivity index (χ1) is 8.25. The van der Waals surface area contributed by atoms with Crippen LogP contribution in [0.2, 0.25) is 0 Å². The second-order valence-electron chi connectivity index (χ2n) is 4.28. The number of anilines is 2. The predicted molar refractivity (Wildman–Crippen MR) is 64.5 cm³/mol. The van der Waals surface area contributed by atoms with Gasteiger partial charge in [-0.05, 0) is 25.7 Å². The summed E-state index contributed by atoms with van der Waals surface area (Å²) >= 11 is 0. The Labute approximate surface area is 99.9 Å². The Hall–Kier alpha value is -1.56. The van der Waals surface area contributed by atoms with Crippen molar-refractivity contribution >= 4 is 17.4 Å². The molecule has 6 nitrogen and oxygen atoms in total. The van der Waals surface area contributed by atoms with Crippen molar-refractivity contribution in [3.8, 4) is 0 Å². The highest BCUT2D eigenvalue weighted by Crippen LogP contribution is 2.18. The summed E-state index contributed by atoms with van der Waals surface area (Å²) < 4.78 is 5.56. The molecule has 1 amide bonds. The summed E-state index contributed by atoms with van der Waals surface area (Å²) in [5, 5.41) is 9.06. The van der Waals surface area contributed by atoms with Crippen LogP contribution in [0.1, 0.15) is 32.1 Å². The van der Waals surface area contributed by atoms with Gasteiger partial charge in [0.25, 0.3) is 0 Å². The lowest BCUT2D eigenvalue weighted by Crippen LogP contribution is -2.22. The fraction of sp³-hybridized carbons (Fsp3) is 0.636.